The highest BCUT2D eigenvalue weighted by molar-refractivity contribution is 7.99. The van der Waals surface area contributed by atoms with Crippen LogP contribution >= 0.6 is 11.8 Å². The Morgan fingerprint density at radius 1 is 0.370 bits per heavy atom. The SMILES string of the molecule is [C-]#[N+]c1ccc2c(c1)c1ccccc1n2-c1ccc2c(c1)C1(c3ccccc3S2)c2cccnc2-c2ncc(-c3ccc4c(c3)c3ccccc3n4-c3ccc(-n4c5ccccc5c5ccccc54)cc3)cc21. The van der Waals surface area contributed by atoms with E-state index in [1.165, 1.54) is 53.5 Å². The maximum Gasteiger partial charge on any atom is 0.188 e. The second-order valence-electron chi connectivity index (χ2n) is 19.2. The number of hydrogen-bond acceptors (Lipinski definition) is 3. The first-order valence-corrected chi connectivity index (χ1v) is 25.4. The minimum absolute atomic E-state index is 0.634. The molecule has 5 aromatic heterocycles. The van der Waals surface area contributed by atoms with Crippen LogP contribution in [-0.2, 0) is 5.41 Å². The summed E-state index contributed by atoms with van der Waals surface area (Å²) in [6.07, 6.45) is 3.94. The van der Waals surface area contributed by atoms with Gasteiger partial charge in [-0.05, 0) is 137 Å². The van der Waals surface area contributed by atoms with Gasteiger partial charge in [0, 0.05) is 77.3 Å². The van der Waals surface area contributed by atoms with Gasteiger partial charge in [0.1, 0.15) is 0 Å². The lowest BCUT2D eigenvalue weighted by Crippen LogP contribution is -2.32. The van der Waals surface area contributed by atoms with E-state index >= 15 is 0 Å². The molecule has 16 rings (SSSR count). The van der Waals surface area contributed by atoms with Gasteiger partial charge < -0.3 is 13.7 Å². The average molecular weight is 947 g/mol. The van der Waals surface area contributed by atoms with Gasteiger partial charge in [0.25, 0.3) is 0 Å². The maximum absolute atomic E-state index is 7.81. The van der Waals surface area contributed by atoms with Gasteiger partial charge in [-0.25, -0.2) is 4.85 Å². The summed E-state index contributed by atoms with van der Waals surface area (Å²) in [5, 5.41) is 7.08. The minimum Gasteiger partial charge on any atom is -0.309 e. The molecule has 9 aromatic carbocycles. The van der Waals surface area contributed by atoms with Gasteiger partial charge in [-0.3, -0.25) is 9.97 Å². The van der Waals surface area contributed by atoms with Crippen LogP contribution < -0.4 is 0 Å². The van der Waals surface area contributed by atoms with Crippen molar-refractivity contribution < 1.29 is 0 Å². The van der Waals surface area contributed by atoms with Crippen molar-refractivity contribution in [2.75, 3.05) is 0 Å². The van der Waals surface area contributed by atoms with E-state index in [9.17, 15) is 0 Å². The van der Waals surface area contributed by atoms with Crippen molar-refractivity contribution in [3.05, 3.63) is 264 Å². The maximum atomic E-state index is 7.81. The van der Waals surface area contributed by atoms with E-state index in [1.807, 2.05) is 36.3 Å². The molecule has 0 saturated heterocycles. The van der Waals surface area contributed by atoms with Crippen molar-refractivity contribution in [1.82, 2.24) is 23.7 Å². The molecule has 1 aliphatic heterocycles. The molecule has 0 bridgehead atoms. The Kier molecular flexibility index (Phi) is 8.28. The molecule has 338 valence electrons. The minimum atomic E-state index is -0.712. The summed E-state index contributed by atoms with van der Waals surface area (Å²) in [5.74, 6) is 0. The summed E-state index contributed by atoms with van der Waals surface area (Å²) in [7, 11) is 0. The largest absolute Gasteiger partial charge is 0.309 e. The van der Waals surface area contributed by atoms with Crippen LogP contribution in [0.4, 0.5) is 5.69 Å². The smallest absolute Gasteiger partial charge is 0.188 e. The second-order valence-corrected chi connectivity index (χ2v) is 20.3. The Labute approximate surface area is 423 Å². The third kappa shape index (κ3) is 5.47. The fourth-order valence-corrected chi connectivity index (χ4v) is 13.8. The fourth-order valence-electron chi connectivity index (χ4n) is 12.6. The summed E-state index contributed by atoms with van der Waals surface area (Å²) in [6.45, 7) is 7.81. The first kappa shape index (κ1) is 40.3. The predicted molar refractivity (Wildman–Crippen MR) is 298 cm³/mol. The summed E-state index contributed by atoms with van der Waals surface area (Å²) in [6, 6.07) is 79.2. The number of fused-ring (bicyclic) bond motifs is 18. The zero-order valence-corrected chi connectivity index (χ0v) is 39.8. The van der Waals surface area contributed by atoms with Crippen molar-refractivity contribution in [3.8, 4) is 39.6 Å². The molecular weight excluding hydrogens is 909 g/mol. The standard InChI is InChI=1S/C66H38N6S/c1-67-42-25-32-61-51(37-42)49-16-5-10-22-59(49)72(61)45-30-33-63-54(38-45)66(52-17-6-11-23-62(52)73-63)53-18-12-34-68-64(53)65-55(66)36-41(39-69-65)40-24-31-60-50(35-40)48-15-4-9-21-58(48)71(60)44-28-26-43(27-29-44)70-56-19-7-2-13-46(56)47-14-3-8-20-57(47)70/h2-39H. The van der Waals surface area contributed by atoms with Crippen LogP contribution in [0.3, 0.4) is 0 Å². The van der Waals surface area contributed by atoms with Crippen LogP contribution in [0.1, 0.15) is 22.3 Å². The highest BCUT2D eigenvalue weighted by atomic mass is 32.2. The van der Waals surface area contributed by atoms with E-state index in [1.54, 1.807) is 0 Å². The number of nitrogens with zero attached hydrogens (tertiary/aromatic N) is 6. The molecule has 0 saturated carbocycles. The molecule has 7 heteroatoms. The number of benzene rings is 9. The summed E-state index contributed by atoms with van der Waals surface area (Å²) < 4.78 is 7.13. The molecule has 73 heavy (non-hydrogen) atoms. The number of aromatic nitrogens is 5. The molecule has 14 aromatic rings. The lowest BCUT2D eigenvalue weighted by Gasteiger charge is -2.39. The Bertz CT molecular complexity index is 4690. The van der Waals surface area contributed by atoms with Crippen molar-refractivity contribution in [2.45, 2.75) is 15.2 Å². The van der Waals surface area contributed by atoms with Crippen molar-refractivity contribution in [3.63, 3.8) is 0 Å². The Balaban J connectivity index is 0.872. The van der Waals surface area contributed by atoms with Gasteiger partial charge >= 0.3 is 0 Å². The van der Waals surface area contributed by atoms with E-state index in [-0.39, 0.29) is 0 Å². The van der Waals surface area contributed by atoms with Gasteiger partial charge in [-0.1, -0.05) is 121 Å². The van der Waals surface area contributed by atoms with Crippen LogP contribution in [0.25, 0.3) is 110 Å². The highest BCUT2D eigenvalue weighted by Crippen LogP contribution is 2.62. The fraction of sp³-hybridized carbons (Fsp3) is 0.0152. The van der Waals surface area contributed by atoms with Gasteiger partial charge in [-0.15, -0.1) is 0 Å². The van der Waals surface area contributed by atoms with E-state index in [2.05, 4.69) is 225 Å². The monoisotopic (exact) mass is 946 g/mol. The molecule has 0 amide bonds. The quantitative estimate of drug-likeness (QED) is 0.165. The lowest BCUT2D eigenvalue weighted by molar-refractivity contribution is 0.718. The number of hydrogen-bond donors (Lipinski definition) is 0. The average Bonchev–Trinajstić information content (AvgIpc) is 4.19. The Morgan fingerprint density at radius 2 is 0.877 bits per heavy atom. The van der Waals surface area contributed by atoms with Crippen LogP contribution in [0.5, 0.6) is 0 Å². The molecular formula is C66H38N6S. The van der Waals surface area contributed by atoms with Gasteiger partial charge in [0.15, 0.2) is 5.69 Å². The van der Waals surface area contributed by atoms with Gasteiger partial charge in [0.2, 0.25) is 0 Å². The zero-order valence-electron chi connectivity index (χ0n) is 39.0. The molecule has 0 radical (unpaired) electrons. The van der Waals surface area contributed by atoms with Gasteiger partial charge in [0.05, 0.1) is 56.5 Å². The Hall–Kier alpha value is -9.48. The molecule has 0 fully saturated rings. The van der Waals surface area contributed by atoms with E-state index < -0.39 is 5.41 Å². The van der Waals surface area contributed by atoms with E-state index in [0.29, 0.717) is 5.69 Å². The topological polar surface area (TPSA) is 44.9 Å². The zero-order chi connectivity index (χ0) is 47.9. The second kappa shape index (κ2) is 15.0. The number of pyridine rings is 2. The molecule has 2 aliphatic rings. The molecule has 1 spiro atoms. The summed E-state index contributed by atoms with van der Waals surface area (Å²) in [4.78, 5) is 16.7. The number of para-hydroxylation sites is 4. The van der Waals surface area contributed by atoms with Crippen LogP contribution in [0.2, 0.25) is 0 Å². The third-order valence-corrected chi connectivity index (χ3v) is 16.8. The van der Waals surface area contributed by atoms with Crippen LogP contribution in [0, 0.1) is 6.57 Å². The van der Waals surface area contributed by atoms with Crippen molar-refractivity contribution >= 4 is 82.9 Å². The highest BCUT2D eigenvalue weighted by Gasteiger charge is 2.52. The lowest BCUT2D eigenvalue weighted by atomic mass is 9.67. The Morgan fingerprint density at radius 3 is 1.53 bits per heavy atom. The molecule has 1 atom stereocenters. The predicted octanol–water partition coefficient (Wildman–Crippen LogP) is 16.8. The summed E-state index contributed by atoms with van der Waals surface area (Å²) >= 11 is 1.83. The van der Waals surface area contributed by atoms with Gasteiger partial charge in [-0.2, -0.15) is 0 Å². The molecule has 6 heterocycles. The van der Waals surface area contributed by atoms with Crippen molar-refractivity contribution in [1.29, 1.82) is 0 Å². The molecule has 1 unspecified atom stereocenters. The van der Waals surface area contributed by atoms with Crippen LogP contribution in [-0.4, -0.2) is 23.7 Å². The van der Waals surface area contributed by atoms with Crippen LogP contribution in [0.15, 0.2) is 241 Å². The van der Waals surface area contributed by atoms with E-state index in [4.69, 9.17) is 16.5 Å². The summed E-state index contributed by atoms with van der Waals surface area (Å²) in [5.41, 5.74) is 18.7. The molecule has 1 aliphatic carbocycles. The molecule has 0 N–H and O–H groups in total. The first-order valence-electron chi connectivity index (χ1n) is 24.6. The third-order valence-electron chi connectivity index (χ3n) is 15.6. The van der Waals surface area contributed by atoms with E-state index in [0.717, 1.165) is 83.5 Å². The molecule has 6 nitrogen and oxygen atoms in total. The first-order chi connectivity index (χ1) is 36.2. The normalized spacial score (nSPS) is 14.6. The van der Waals surface area contributed by atoms with Crippen molar-refractivity contribution in [2.24, 2.45) is 0 Å². The number of rotatable bonds is 4.